The summed E-state index contributed by atoms with van der Waals surface area (Å²) >= 11 is 0. The largest absolute Gasteiger partial charge is 0.497 e. The summed E-state index contributed by atoms with van der Waals surface area (Å²) in [5, 5.41) is 1.55. The second kappa shape index (κ2) is 26.9. The Kier molecular flexibility index (Phi) is 16.9. The van der Waals surface area contributed by atoms with Crippen LogP contribution in [0.4, 0.5) is 0 Å². The molecule has 6 unspecified atom stereocenters. The van der Waals surface area contributed by atoms with Crippen molar-refractivity contribution in [2.24, 2.45) is 0 Å². The third-order valence-corrected chi connectivity index (χ3v) is 19.7. The molecule has 6 amide bonds. The minimum absolute atomic E-state index is 0.0126. The third kappa shape index (κ3) is 12.4. The molecule has 6 atom stereocenters. The van der Waals surface area contributed by atoms with E-state index in [1.165, 1.54) is 28.4 Å². The van der Waals surface area contributed by atoms with E-state index < -0.39 is 47.5 Å². The SMILES string of the molecule is COc1cccc(Oc2cc3c4c(cc(Oc5cccc(OC)c5)c5c6c(Oc7cccc(OC)c7)cc7c8c(cc(Oc9cccc(OC)c9)c(c2c45)c86)C(=O)N(C(Cc2ccccc2)C(=O)N(CC2CO2)CC2CO2)C7=O)C(=O)N(C(Cc2ccccc2)C(=O)N(CC2CO2)CC2CO2)C3=O)c1. The van der Waals surface area contributed by atoms with Gasteiger partial charge in [-0.25, -0.2) is 0 Å². The molecule has 4 fully saturated rings. The lowest BCUT2D eigenvalue weighted by molar-refractivity contribution is -0.136. The van der Waals surface area contributed by atoms with Crippen molar-refractivity contribution in [3.8, 4) is 69.0 Å². The second-order valence-electron chi connectivity index (χ2n) is 26.5. The molecule has 6 heterocycles. The summed E-state index contributed by atoms with van der Waals surface area (Å²) < 4.78 is 75.0. The fourth-order valence-corrected chi connectivity index (χ4v) is 14.5. The van der Waals surface area contributed by atoms with Gasteiger partial charge >= 0.3 is 0 Å². The number of hydrogen-bond donors (Lipinski definition) is 0. The van der Waals surface area contributed by atoms with Gasteiger partial charge in [0.2, 0.25) is 11.8 Å². The van der Waals surface area contributed by atoms with E-state index in [1.807, 2.05) is 60.7 Å². The number of methoxy groups -OCH3 is 4. The Hall–Kier alpha value is -11.8. The Bertz CT molecular complexity index is 4710. The van der Waals surface area contributed by atoms with Crippen LogP contribution in [0.1, 0.15) is 52.6 Å². The Balaban J connectivity index is 0.996. The first-order valence-corrected chi connectivity index (χ1v) is 34.3. The zero-order chi connectivity index (χ0) is 71.0. The van der Waals surface area contributed by atoms with Crippen LogP contribution in [0.3, 0.4) is 0 Å². The van der Waals surface area contributed by atoms with Crippen molar-refractivity contribution in [2.75, 3.05) is 81.0 Å². The summed E-state index contributed by atoms with van der Waals surface area (Å²) in [6.07, 6.45) is -1.19. The molecule has 22 nitrogen and oxygen atoms in total. The van der Waals surface area contributed by atoms with Crippen molar-refractivity contribution >= 4 is 78.5 Å². The van der Waals surface area contributed by atoms with Crippen LogP contribution in [0.2, 0.25) is 0 Å². The van der Waals surface area contributed by atoms with Crippen molar-refractivity contribution < 1.29 is 85.6 Å². The van der Waals surface area contributed by atoms with E-state index in [2.05, 4.69) is 0 Å². The van der Waals surface area contributed by atoms with Crippen molar-refractivity contribution in [1.82, 2.24) is 19.6 Å². The number of carbonyl (C=O) groups is 6. The predicted molar refractivity (Wildman–Crippen MR) is 381 cm³/mol. The number of ether oxygens (including phenoxy) is 12. The summed E-state index contributed by atoms with van der Waals surface area (Å²) in [5.41, 5.74) is 1.20. The number of imide groups is 2. The molecule has 6 aliphatic heterocycles. The fraction of sp³-hybridized carbons (Fsp3) is 0.244. The Morgan fingerprint density at radius 1 is 0.346 bits per heavy atom. The second-order valence-corrected chi connectivity index (χ2v) is 26.5. The number of hydrogen-bond acceptors (Lipinski definition) is 18. The molecular weight excluding hydrogens is 1330 g/mol. The number of benzene rings is 11. The molecule has 6 aliphatic rings. The summed E-state index contributed by atoms with van der Waals surface area (Å²) in [4.78, 5) is 104. The van der Waals surface area contributed by atoms with Crippen LogP contribution in [0.5, 0.6) is 69.0 Å². The minimum atomic E-state index is -1.43. The number of fused-ring (bicyclic) bond motifs is 2. The summed E-state index contributed by atoms with van der Waals surface area (Å²) in [6, 6.07) is 49.2. The molecule has 104 heavy (non-hydrogen) atoms. The molecule has 0 aromatic heterocycles. The van der Waals surface area contributed by atoms with Crippen LogP contribution in [-0.4, -0.2) is 173 Å². The van der Waals surface area contributed by atoms with Crippen LogP contribution in [-0.2, 0) is 41.4 Å². The first kappa shape index (κ1) is 65.5. The van der Waals surface area contributed by atoms with Gasteiger partial charge in [0.15, 0.2) is 0 Å². The predicted octanol–water partition coefficient (Wildman–Crippen LogP) is 12.6. The van der Waals surface area contributed by atoms with Gasteiger partial charge in [-0.1, -0.05) is 84.9 Å². The van der Waals surface area contributed by atoms with E-state index in [4.69, 9.17) is 56.8 Å². The Labute approximate surface area is 595 Å². The molecule has 0 aliphatic carbocycles. The normalized spacial score (nSPS) is 18.2. The monoisotopic (exact) mass is 1400 g/mol. The molecule has 4 saturated heterocycles. The van der Waals surface area contributed by atoms with Gasteiger partial charge in [0, 0.05) is 106 Å². The van der Waals surface area contributed by atoms with Crippen molar-refractivity contribution in [2.45, 2.75) is 49.3 Å². The molecule has 11 aromatic rings. The summed E-state index contributed by atoms with van der Waals surface area (Å²) in [6.45, 7) is 2.48. The average molecular weight is 1400 g/mol. The minimum Gasteiger partial charge on any atom is -0.497 e. The number of nitrogens with zero attached hydrogens (tertiary/aromatic N) is 4. The zero-order valence-electron chi connectivity index (χ0n) is 57.0. The molecule has 17 rings (SSSR count). The molecule has 11 aromatic carbocycles. The van der Waals surface area contributed by atoms with Gasteiger partial charge in [0.25, 0.3) is 23.6 Å². The van der Waals surface area contributed by atoms with Gasteiger partial charge in [0.1, 0.15) is 81.1 Å². The molecule has 524 valence electrons. The van der Waals surface area contributed by atoms with E-state index in [0.29, 0.717) is 60.6 Å². The highest BCUT2D eigenvalue weighted by Gasteiger charge is 2.49. The molecular formula is C82H68N4O18. The first-order valence-electron chi connectivity index (χ1n) is 34.3. The number of epoxide rings is 4. The quantitative estimate of drug-likeness (QED) is 0.0192. The standard InChI is InChI=1S/C82H68N4O18/c1-93-47-19-11-23-51(29-47)101-65-33-59-69-60(78(88)85(77(59)87)63(27-45-15-7-5-8-16-45)81(91)83(37-55-41-97-55)38-56-42-98-56)35-67(103-53-25-13-21-49(31-53)95-3)73-74-68(104-54-26-14-22-50(32-54)96-4)36-62-70-61(34-66(72(76(70)74)71(65)75(69)73)102-52-24-12-20-48(30-52)94-2)79(89)86(80(62)90)64(28-46-17-9-6-10-18-46)82(92)84(39-57-43-99-57)40-58-44-100-58/h5-26,29-36,55-58,63-64H,27-28,37-44H2,1-4H3. The van der Waals surface area contributed by atoms with Gasteiger partial charge in [-0.2, -0.15) is 0 Å². The molecule has 0 saturated carbocycles. The molecule has 0 N–H and O–H groups in total. The highest BCUT2D eigenvalue weighted by Crippen LogP contribution is 2.58. The van der Waals surface area contributed by atoms with Gasteiger partial charge in [-0.3, -0.25) is 38.6 Å². The lowest BCUT2D eigenvalue weighted by Crippen LogP contribution is -2.56. The van der Waals surface area contributed by atoms with Gasteiger partial charge < -0.3 is 66.6 Å². The smallest absolute Gasteiger partial charge is 0.262 e. The molecule has 22 heteroatoms. The van der Waals surface area contributed by atoms with Gasteiger partial charge in [0.05, 0.1) is 102 Å². The van der Waals surface area contributed by atoms with Crippen LogP contribution in [0.15, 0.2) is 182 Å². The topological polar surface area (TPSA) is 239 Å². The van der Waals surface area contributed by atoms with Crippen molar-refractivity contribution in [1.29, 1.82) is 0 Å². The highest BCUT2D eigenvalue weighted by molar-refractivity contribution is 6.45. The third-order valence-electron chi connectivity index (χ3n) is 19.7. The van der Waals surface area contributed by atoms with Crippen molar-refractivity contribution in [3.05, 3.63) is 215 Å². The van der Waals surface area contributed by atoms with E-state index in [9.17, 15) is 0 Å². The Morgan fingerprint density at radius 3 is 0.837 bits per heavy atom. The maximum atomic E-state index is 16.7. The molecule has 0 spiro atoms. The van der Waals surface area contributed by atoms with E-state index in [1.54, 1.807) is 131 Å². The van der Waals surface area contributed by atoms with Crippen LogP contribution in [0, 0.1) is 0 Å². The number of rotatable bonds is 28. The van der Waals surface area contributed by atoms with Crippen LogP contribution in [0.25, 0.3) is 43.1 Å². The highest BCUT2D eigenvalue weighted by atomic mass is 16.6. The molecule has 0 radical (unpaired) electrons. The number of amides is 6. The average Bonchev–Trinajstić information content (AvgIpc) is 1.16. The lowest BCUT2D eigenvalue weighted by Gasteiger charge is -2.37. The maximum absolute atomic E-state index is 16.7. The van der Waals surface area contributed by atoms with Crippen LogP contribution >= 0.6 is 0 Å². The lowest BCUT2D eigenvalue weighted by atomic mass is 9.80. The van der Waals surface area contributed by atoms with E-state index >= 15 is 28.8 Å². The molecule has 0 bridgehead atoms. The summed E-state index contributed by atoms with van der Waals surface area (Å²) in [5.74, 6) is -1.60. The van der Waals surface area contributed by atoms with Crippen molar-refractivity contribution in [3.63, 3.8) is 0 Å². The van der Waals surface area contributed by atoms with E-state index in [-0.39, 0.29) is 175 Å². The van der Waals surface area contributed by atoms with Crippen LogP contribution < -0.4 is 37.9 Å². The summed E-state index contributed by atoms with van der Waals surface area (Å²) in [7, 11) is 6.07. The number of carbonyl (C=O) groups excluding carboxylic acids is 6. The first-order chi connectivity index (χ1) is 50.8. The van der Waals surface area contributed by atoms with E-state index in [0.717, 1.165) is 9.80 Å². The zero-order valence-corrected chi connectivity index (χ0v) is 57.0. The maximum Gasteiger partial charge on any atom is 0.262 e. The Morgan fingerprint density at radius 2 is 0.596 bits per heavy atom. The van der Waals surface area contributed by atoms with Gasteiger partial charge in [-0.05, 0) is 83.9 Å². The van der Waals surface area contributed by atoms with Gasteiger partial charge in [-0.15, -0.1) is 0 Å². The fourth-order valence-electron chi connectivity index (χ4n) is 14.5.